The zero-order chi connectivity index (χ0) is 23.9. The van der Waals surface area contributed by atoms with Gasteiger partial charge in [-0.25, -0.2) is 0 Å². The van der Waals surface area contributed by atoms with Gasteiger partial charge in [-0.2, -0.15) is 0 Å². The van der Waals surface area contributed by atoms with E-state index in [0.717, 1.165) is 30.5 Å². The van der Waals surface area contributed by atoms with Gasteiger partial charge < -0.3 is 25.3 Å². The Labute approximate surface area is 204 Å². The molecule has 1 aromatic heterocycles. The predicted molar refractivity (Wildman–Crippen MR) is 135 cm³/mol. The van der Waals surface area contributed by atoms with Crippen molar-refractivity contribution in [1.82, 2.24) is 4.98 Å². The molecule has 2 aromatic carbocycles. The third kappa shape index (κ3) is 3.97. The minimum Gasteiger partial charge on any atom is -0.491 e. The van der Waals surface area contributed by atoms with E-state index in [1.165, 1.54) is 46.4 Å². The quantitative estimate of drug-likeness (QED) is 0.418. The van der Waals surface area contributed by atoms with Crippen molar-refractivity contribution in [2.45, 2.75) is 50.0 Å². The predicted octanol–water partition coefficient (Wildman–Crippen LogP) is 4.08. The molecule has 3 atom stereocenters. The normalized spacial score (nSPS) is 21.1. The maximum absolute atomic E-state index is 13.4. The van der Waals surface area contributed by atoms with E-state index in [0.29, 0.717) is 5.75 Å². The van der Waals surface area contributed by atoms with Crippen LogP contribution in [0.25, 0.3) is 6.08 Å². The van der Waals surface area contributed by atoms with Crippen LogP contribution in [0.4, 0.5) is 5.69 Å². The lowest BCUT2D eigenvalue weighted by atomic mass is 9.78. The second-order valence-corrected chi connectivity index (χ2v) is 9.84. The monoisotopic (exact) mass is 470 g/mol. The average molecular weight is 471 g/mol. The molecule has 3 aromatic rings. The van der Waals surface area contributed by atoms with E-state index < -0.39 is 6.10 Å². The van der Waals surface area contributed by atoms with Crippen LogP contribution in [-0.4, -0.2) is 40.4 Å². The van der Waals surface area contributed by atoms with Gasteiger partial charge >= 0.3 is 0 Å². The molecule has 6 rings (SSSR count). The number of amides is 1. The number of rotatable bonds is 7. The van der Waals surface area contributed by atoms with Gasteiger partial charge in [0.05, 0.1) is 12.5 Å². The van der Waals surface area contributed by atoms with Gasteiger partial charge in [-0.05, 0) is 78.1 Å². The summed E-state index contributed by atoms with van der Waals surface area (Å²) < 4.78 is 5.71. The van der Waals surface area contributed by atoms with Crippen molar-refractivity contribution in [2.24, 2.45) is 0 Å². The Morgan fingerprint density at radius 3 is 2.80 bits per heavy atom. The van der Waals surface area contributed by atoms with Crippen LogP contribution >= 0.6 is 0 Å². The molecule has 4 N–H and O–H groups in total. The fourth-order valence-electron chi connectivity index (χ4n) is 5.96. The number of anilines is 1. The summed E-state index contributed by atoms with van der Waals surface area (Å²) in [7, 11) is 0. The zero-order valence-corrected chi connectivity index (χ0v) is 19.6. The topological polar surface area (TPSA) is 94.6 Å². The SMILES string of the molecule is O=C1Nc2ccc(OCC(O)CO)cc2C1C1C(Cc2c[nH]c3c2CCCC3)=Cc2ccccc21. The van der Waals surface area contributed by atoms with Crippen LogP contribution < -0.4 is 10.1 Å². The fraction of sp³-hybridized carbons (Fsp3) is 0.345. The molecule has 0 fully saturated rings. The first-order chi connectivity index (χ1) is 17.1. The molecule has 0 saturated carbocycles. The molecule has 2 heterocycles. The Hall–Kier alpha value is -3.35. The molecule has 6 nitrogen and oxygen atoms in total. The molecule has 180 valence electrons. The van der Waals surface area contributed by atoms with Gasteiger partial charge in [-0.15, -0.1) is 0 Å². The highest BCUT2D eigenvalue weighted by atomic mass is 16.5. The summed E-state index contributed by atoms with van der Waals surface area (Å²) >= 11 is 0. The third-order valence-electron chi connectivity index (χ3n) is 7.63. The van der Waals surface area contributed by atoms with Crippen LogP contribution in [0.2, 0.25) is 0 Å². The number of aryl methyl sites for hydroxylation is 1. The average Bonchev–Trinajstić information content (AvgIpc) is 3.55. The van der Waals surface area contributed by atoms with Gasteiger partial charge in [0.2, 0.25) is 5.91 Å². The van der Waals surface area contributed by atoms with Crippen molar-refractivity contribution in [3.8, 4) is 5.75 Å². The number of ether oxygens (including phenoxy) is 1. The molecule has 2 aliphatic carbocycles. The summed E-state index contributed by atoms with van der Waals surface area (Å²) in [5, 5.41) is 21.8. The van der Waals surface area contributed by atoms with Crippen LogP contribution in [0.15, 0.2) is 54.2 Å². The highest BCUT2D eigenvalue weighted by molar-refractivity contribution is 6.04. The van der Waals surface area contributed by atoms with E-state index in [2.05, 4.69) is 40.8 Å². The van der Waals surface area contributed by atoms with Crippen LogP contribution in [0.5, 0.6) is 5.75 Å². The minimum atomic E-state index is -0.942. The van der Waals surface area contributed by atoms with Gasteiger partial charge in [0.25, 0.3) is 0 Å². The summed E-state index contributed by atoms with van der Waals surface area (Å²) in [6, 6.07) is 13.9. The molecular weight excluding hydrogens is 440 g/mol. The van der Waals surface area contributed by atoms with Gasteiger partial charge in [-0.1, -0.05) is 35.9 Å². The Balaban J connectivity index is 1.36. The number of fused-ring (bicyclic) bond motifs is 3. The Morgan fingerprint density at radius 1 is 1.06 bits per heavy atom. The van der Waals surface area contributed by atoms with Crippen LogP contribution in [-0.2, 0) is 24.1 Å². The molecule has 0 radical (unpaired) electrons. The number of aromatic nitrogens is 1. The van der Waals surface area contributed by atoms with Gasteiger partial charge in [-0.3, -0.25) is 4.79 Å². The largest absolute Gasteiger partial charge is 0.491 e. The number of aliphatic hydroxyl groups is 2. The number of aromatic amines is 1. The Kier molecular flexibility index (Phi) is 5.71. The molecule has 0 bridgehead atoms. The summed E-state index contributed by atoms with van der Waals surface area (Å²) in [5.74, 6) is 0.159. The standard InChI is InChI=1S/C29H30N2O4/c32-15-20(33)16-35-21-9-10-26-24(13-21)28(29(34)31-26)27-18(11-17-5-1-2-7-23(17)27)12-19-14-30-25-8-4-3-6-22(19)25/h1-2,5,7,9-11,13-14,20,27-28,30,32-33H,3-4,6,8,12,15-16H2,(H,31,34). The smallest absolute Gasteiger partial charge is 0.232 e. The number of allylic oxidation sites excluding steroid dienone is 1. The number of hydrogen-bond donors (Lipinski definition) is 4. The van der Waals surface area contributed by atoms with E-state index in [4.69, 9.17) is 9.84 Å². The van der Waals surface area contributed by atoms with E-state index in [1.807, 2.05) is 18.2 Å². The molecule has 1 amide bonds. The summed E-state index contributed by atoms with van der Waals surface area (Å²) in [5.41, 5.74) is 9.51. The van der Waals surface area contributed by atoms with E-state index in [9.17, 15) is 9.90 Å². The maximum atomic E-state index is 13.4. The van der Waals surface area contributed by atoms with Gasteiger partial charge in [0.15, 0.2) is 0 Å². The molecule has 1 aliphatic heterocycles. The molecule has 6 heteroatoms. The van der Waals surface area contributed by atoms with Crippen molar-refractivity contribution in [3.05, 3.63) is 87.7 Å². The van der Waals surface area contributed by atoms with Crippen molar-refractivity contribution in [2.75, 3.05) is 18.5 Å². The first kappa shape index (κ1) is 22.1. The van der Waals surface area contributed by atoms with E-state index in [-0.39, 0.29) is 31.0 Å². The van der Waals surface area contributed by atoms with Gasteiger partial charge in [0, 0.05) is 23.5 Å². The number of hydrogen-bond acceptors (Lipinski definition) is 4. The summed E-state index contributed by atoms with van der Waals surface area (Å²) in [6.45, 7) is -0.360. The first-order valence-electron chi connectivity index (χ1n) is 12.5. The second-order valence-electron chi connectivity index (χ2n) is 9.84. The fourth-order valence-corrected chi connectivity index (χ4v) is 5.96. The molecular formula is C29H30N2O4. The number of carbonyl (C=O) groups excluding carboxylic acids is 1. The van der Waals surface area contributed by atoms with E-state index in [1.54, 1.807) is 6.07 Å². The summed E-state index contributed by atoms with van der Waals surface area (Å²) in [6.07, 6.45) is 9.01. The summed E-state index contributed by atoms with van der Waals surface area (Å²) in [4.78, 5) is 16.9. The van der Waals surface area contributed by atoms with Crippen molar-refractivity contribution >= 4 is 17.7 Å². The van der Waals surface area contributed by atoms with Crippen LogP contribution in [0, 0.1) is 0 Å². The Morgan fingerprint density at radius 2 is 1.91 bits per heavy atom. The third-order valence-corrected chi connectivity index (χ3v) is 7.63. The highest BCUT2D eigenvalue weighted by Crippen LogP contribution is 2.51. The highest BCUT2D eigenvalue weighted by Gasteiger charge is 2.42. The molecule has 3 unspecified atom stereocenters. The number of carbonyl (C=O) groups is 1. The molecule has 0 saturated heterocycles. The number of aliphatic hydroxyl groups excluding tert-OH is 2. The second kappa shape index (κ2) is 9.02. The van der Waals surface area contributed by atoms with Crippen molar-refractivity contribution < 1.29 is 19.7 Å². The molecule has 0 spiro atoms. The maximum Gasteiger partial charge on any atom is 0.232 e. The minimum absolute atomic E-state index is 0.00264. The number of benzene rings is 2. The lowest BCUT2D eigenvalue weighted by molar-refractivity contribution is -0.117. The lowest BCUT2D eigenvalue weighted by Crippen LogP contribution is -2.21. The number of nitrogens with one attached hydrogen (secondary N) is 2. The van der Waals surface area contributed by atoms with Gasteiger partial charge in [0.1, 0.15) is 18.5 Å². The molecule has 35 heavy (non-hydrogen) atoms. The first-order valence-corrected chi connectivity index (χ1v) is 12.5. The zero-order valence-electron chi connectivity index (χ0n) is 19.6. The van der Waals surface area contributed by atoms with Crippen LogP contribution in [0.3, 0.4) is 0 Å². The number of H-pyrrole nitrogens is 1. The van der Waals surface area contributed by atoms with E-state index >= 15 is 0 Å². The lowest BCUT2D eigenvalue weighted by Gasteiger charge is -2.24. The van der Waals surface area contributed by atoms with Crippen LogP contribution in [0.1, 0.15) is 58.2 Å². The van der Waals surface area contributed by atoms with Crippen molar-refractivity contribution in [3.63, 3.8) is 0 Å². The van der Waals surface area contributed by atoms with Crippen molar-refractivity contribution in [1.29, 1.82) is 0 Å². The molecule has 3 aliphatic rings. The Bertz CT molecular complexity index is 1310.